The highest BCUT2D eigenvalue weighted by atomic mass is 35.5. The van der Waals surface area contributed by atoms with Gasteiger partial charge in [-0.3, -0.25) is 4.79 Å². The molecular formula is C15H10ClN3O2. The monoisotopic (exact) mass is 299 g/mol. The highest BCUT2D eigenvalue weighted by molar-refractivity contribution is 6.53. The molecule has 1 aliphatic heterocycles. The Morgan fingerprint density at radius 2 is 2.00 bits per heavy atom. The van der Waals surface area contributed by atoms with Gasteiger partial charge in [0.1, 0.15) is 5.75 Å². The minimum Gasteiger partial charge on any atom is -0.507 e. The van der Waals surface area contributed by atoms with E-state index < -0.39 is 0 Å². The Morgan fingerprint density at radius 1 is 1.19 bits per heavy atom. The van der Waals surface area contributed by atoms with Crippen molar-refractivity contribution < 1.29 is 9.90 Å². The molecule has 1 amide bonds. The largest absolute Gasteiger partial charge is 0.507 e. The van der Waals surface area contributed by atoms with Gasteiger partial charge < -0.3 is 10.4 Å². The number of carbonyl (C=O) groups is 1. The Morgan fingerprint density at radius 3 is 2.86 bits per heavy atom. The van der Waals surface area contributed by atoms with Gasteiger partial charge in [-0.1, -0.05) is 29.8 Å². The summed E-state index contributed by atoms with van der Waals surface area (Å²) < 4.78 is 0. The predicted octanol–water partition coefficient (Wildman–Crippen LogP) is 2.82. The Balaban J connectivity index is 1.91. The van der Waals surface area contributed by atoms with Gasteiger partial charge in [0.15, 0.2) is 5.71 Å². The molecule has 21 heavy (non-hydrogen) atoms. The predicted molar refractivity (Wildman–Crippen MR) is 82.3 cm³/mol. The van der Waals surface area contributed by atoms with E-state index in [9.17, 15) is 9.90 Å². The van der Waals surface area contributed by atoms with Crippen molar-refractivity contribution >= 4 is 35.1 Å². The molecule has 3 rings (SSSR count). The summed E-state index contributed by atoms with van der Waals surface area (Å²) in [6, 6.07) is 11.8. The number of nitrogens with one attached hydrogen (secondary N) is 1. The van der Waals surface area contributed by atoms with Crippen molar-refractivity contribution in [1.82, 2.24) is 0 Å². The summed E-state index contributed by atoms with van der Waals surface area (Å²) in [5.41, 5.74) is 2.08. The summed E-state index contributed by atoms with van der Waals surface area (Å²) in [5, 5.41) is 20.6. The van der Waals surface area contributed by atoms with Crippen molar-refractivity contribution in [2.75, 3.05) is 5.32 Å². The van der Waals surface area contributed by atoms with E-state index in [-0.39, 0.29) is 17.4 Å². The summed E-state index contributed by atoms with van der Waals surface area (Å²) in [6.45, 7) is 0. The molecule has 0 saturated carbocycles. The van der Waals surface area contributed by atoms with Gasteiger partial charge in [-0.15, -0.1) is 5.10 Å². The zero-order chi connectivity index (χ0) is 14.8. The first-order valence-electron chi connectivity index (χ1n) is 6.15. The van der Waals surface area contributed by atoms with Crippen molar-refractivity contribution in [3.05, 3.63) is 58.6 Å². The Labute approximate surface area is 125 Å². The summed E-state index contributed by atoms with van der Waals surface area (Å²) in [7, 11) is 0. The van der Waals surface area contributed by atoms with E-state index in [1.54, 1.807) is 24.3 Å². The summed E-state index contributed by atoms with van der Waals surface area (Å²) >= 11 is 5.84. The van der Waals surface area contributed by atoms with Crippen LogP contribution in [0, 0.1) is 0 Å². The van der Waals surface area contributed by atoms with Crippen molar-refractivity contribution in [3.8, 4) is 5.75 Å². The fraction of sp³-hybridized carbons (Fsp3) is 0. The second kappa shape index (κ2) is 5.38. The molecule has 2 aromatic carbocycles. The van der Waals surface area contributed by atoms with Gasteiger partial charge in [0.05, 0.1) is 11.9 Å². The number of hydrogen-bond donors (Lipinski definition) is 2. The molecular weight excluding hydrogens is 290 g/mol. The maximum atomic E-state index is 11.8. The van der Waals surface area contributed by atoms with Crippen LogP contribution in [0.1, 0.15) is 11.1 Å². The average molecular weight is 300 g/mol. The highest BCUT2D eigenvalue weighted by Gasteiger charge is 2.25. The normalized spacial score (nSPS) is 15.5. The van der Waals surface area contributed by atoms with E-state index in [0.717, 1.165) is 0 Å². The molecule has 0 spiro atoms. The minimum atomic E-state index is -0.302. The fourth-order valence-electron chi connectivity index (χ4n) is 1.98. The summed E-state index contributed by atoms with van der Waals surface area (Å²) in [5.74, 6) is -0.261. The number of anilines is 1. The minimum absolute atomic E-state index is 0.0413. The first-order valence-corrected chi connectivity index (χ1v) is 6.53. The molecule has 0 atom stereocenters. The number of aromatic hydroxyl groups is 1. The lowest BCUT2D eigenvalue weighted by Crippen LogP contribution is -2.13. The van der Waals surface area contributed by atoms with E-state index in [1.807, 2.05) is 12.1 Å². The molecule has 104 valence electrons. The maximum absolute atomic E-state index is 11.8. The third-order valence-electron chi connectivity index (χ3n) is 2.99. The van der Waals surface area contributed by atoms with Gasteiger partial charge in [0, 0.05) is 16.1 Å². The van der Waals surface area contributed by atoms with Crippen LogP contribution < -0.4 is 5.32 Å². The van der Waals surface area contributed by atoms with Crippen LogP contribution in [0.3, 0.4) is 0 Å². The second-order valence-electron chi connectivity index (χ2n) is 4.40. The zero-order valence-electron chi connectivity index (χ0n) is 10.7. The quantitative estimate of drug-likeness (QED) is 0.661. The van der Waals surface area contributed by atoms with Crippen molar-refractivity contribution in [3.63, 3.8) is 0 Å². The van der Waals surface area contributed by atoms with Crippen LogP contribution in [0.25, 0.3) is 0 Å². The third-order valence-corrected chi connectivity index (χ3v) is 3.22. The van der Waals surface area contributed by atoms with Gasteiger partial charge in [-0.05, 0) is 24.3 Å². The first-order chi connectivity index (χ1) is 10.1. The topological polar surface area (TPSA) is 74.0 Å². The number of hydrogen-bond acceptors (Lipinski definition) is 4. The SMILES string of the molecule is O=C1Nc2ccccc2/C1=N/N=C/c1cc(Cl)ccc1O. The molecule has 0 radical (unpaired) electrons. The second-order valence-corrected chi connectivity index (χ2v) is 4.83. The molecule has 6 heteroatoms. The van der Waals surface area contributed by atoms with E-state index in [1.165, 1.54) is 12.3 Å². The van der Waals surface area contributed by atoms with Gasteiger partial charge in [-0.25, -0.2) is 0 Å². The lowest BCUT2D eigenvalue weighted by atomic mass is 10.1. The molecule has 1 aliphatic rings. The fourth-order valence-corrected chi connectivity index (χ4v) is 2.16. The number of phenols is 1. The van der Waals surface area contributed by atoms with E-state index in [0.29, 0.717) is 21.8 Å². The molecule has 5 nitrogen and oxygen atoms in total. The van der Waals surface area contributed by atoms with Gasteiger partial charge in [0.25, 0.3) is 5.91 Å². The smallest absolute Gasteiger partial charge is 0.276 e. The van der Waals surface area contributed by atoms with Crippen LogP contribution in [0.4, 0.5) is 5.69 Å². The van der Waals surface area contributed by atoms with Gasteiger partial charge in [0.2, 0.25) is 0 Å². The molecule has 0 fully saturated rings. The molecule has 2 N–H and O–H groups in total. The highest BCUT2D eigenvalue weighted by Crippen LogP contribution is 2.23. The summed E-state index contributed by atoms with van der Waals surface area (Å²) in [6.07, 6.45) is 1.35. The molecule has 2 aromatic rings. The average Bonchev–Trinajstić information content (AvgIpc) is 2.79. The van der Waals surface area contributed by atoms with Gasteiger partial charge >= 0.3 is 0 Å². The van der Waals surface area contributed by atoms with Gasteiger partial charge in [-0.2, -0.15) is 5.10 Å². The zero-order valence-corrected chi connectivity index (χ0v) is 11.5. The lowest BCUT2D eigenvalue weighted by Gasteiger charge is -1.97. The van der Waals surface area contributed by atoms with E-state index >= 15 is 0 Å². The number of amides is 1. The van der Waals surface area contributed by atoms with E-state index in [4.69, 9.17) is 11.6 Å². The van der Waals surface area contributed by atoms with Crippen LogP contribution >= 0.6 is 11.6 Å². The summed E-state index contributed by atoms with van der Waals surface area (Å²) in [4.78, 5) is 11.8. The lowest BCUT2D eigenvalue weighted by molar-refractivity contribution is -0.110. The van der Waals surface area contributed by atoms with Crippen LogP contribution in [0.2, 0.25) is 5.02 Å². The number of phenolic OH excluding ortho intramolecular Hbond substituents is 1. The molecule has 1 heterocycles. The Bertz CT molecular complexity index is 784. The standard InChI is InChI=1S/C15H10ClN3O2/c16-10-5-6-13(20)9(7-10)8-17-19-14-11-3-1-2-4-12(11)18-15(14)21/h1-8,20H,(H,18,19,21)/b17-8+. The third kappa shape index (κ3) is 2.64. The number of nitrogens with zero attached hydrogens (tertiary/aromatic N) is 2. The van der Waals surface area contributed by atoms with E-state index in [2.05, 4.69) is 15.5 Å². The van der Waals surface area contributed by atoms with Crippen LogP contribution in [0.5, 0.6) is 5.75 Å². The number of carbonyl (C=O) groups excluding carboxylic acids is 1. The van der Waals surface area contributed by atoms with Crippen LogP contribution in [-0.4, -0.2) is 22.9 Å². The van der Waals surface area contributed by atoms with Crippen LogP contribution in [-0.2, 0) is 4.79 Å². The number of benzene rings is 2. The van der Waals surface area contributed by atoms with Crippen molar-refractivity contribution in [1.29, 1.82) is 0 Å². The molecule has 0 unspecified atom stereocenters. The van der Waals surface area contributed by atoms with Crippen molar-refractivity contribution in [2.24, 2.45) is 10.2 Å². The molecule has 0 saturated heterocycles. The Hall–Kier alpha value is -2.66. The maximum Gasteiger partial charge on any atom is 0.276 e. The number of halogens is 1. The number of para-hydroxylation sites is 1. The first kappa shape index (κ1) is 13.3. The molecule has 0 aliphatic carbocycles. The number of rotatable bonds is 2. The molecule has 0 bridgehead atoms. The van der Waals surface area contributed by atoms with Crippen molar-refractivity contribution in [2.45, 2.75) is 0 Å². The molecule has 0 aromatic heterocycles. The Kier molecular flexibility index (Phi) is 3.41. The van der Waals surface area contributed by atoms with Crippen LogP contribution in [0.15, 0.2) is 52.7 Å². The number of fused-ring (bicyclic) bond motifs is 1.